The number of aromatic nitrogens is 1. The first-order valence-electron chi connectivity index (χ1n) is 5.52. The summed E-state index contributed by atoms with van der Waals surface area (Å²) in [5.74, 6) is -0.420. The summed E-state index contributed by atoms with van der Waals surface area (Å²) >= 11 is 0. The van der Waals surface area contributed by atoms with Crippen molar-refractivity contribution in [2.75, 3.05) is 13.7 Å². The van der Waals surface area contributed by atoms with Crippen molar-refractivity contribution in [1.29, 1.82) is 0 Å². The van der Waals surface area contributed by atoms with Crippen LogP contribution in [0.3, 0.4) is 0 Å². The van der Waals surface area contributed by atoms with E-state index in [9.17, 15) is 9.59 Å². The molecule has 0 aliphatic heterocycles. The number of carbonyl (C=O) groups excluding carboxylic acids is 2. The monoisotopic (exact) mass is 249 g/mol. The van der Waals surface area contributed by atoms with Gasteiger partial charge in [-0.15, -0.1) is 0 Å². The van der Waals surface area contributed by atoms with Crippen LogP contribution in [0.4, 0.5) is 0 Å². The number of pyridine rings is 1. The van der Waals surface area contributed by atoms with E-state index < -0.39 is 5.97 Å². The second-order valence-corrected chi connectivity index (χ2v) is 3.41. The number of nitrogens with zero attached hydrogens (tertiary/aromatic N) is 1. The van der Waals surface area contributed by atoms with Gasteiger partial charge in [0, 0.05) is 18.0 Å². The lowest BCUT2D eigenvalue weighted by molar-refractivity contribution is -0.137. The van der Waals surface area contributed by atoms with Crippen molar-refractivity contribution in [2.24, 2.45) is 0 Å². The van der Waals surface area contributed by atoms with Crippen LogP contribution >= 0.6 is 0 Å². The normalized spacial score (nSPS) is 10.9. The number of ketones is 1. The van der Waals surface area contributed by atoms with Crippen LogP contribution in [0.1, 0.15) is 23.7 Å². The molecule has 0 saturated heterocycles. The Labute approximate surface area is 105 Å². The van der Waals surface area contributed by atoms with E-state index >= 15 is 0 Å². The highest BCUT2D eigenvalue weighted by molar-refractivity contribution is 5.97. The topological polar surface area (TPSA) is 65.5 Å². The summed E-state index contributed by atoms with van der Waals surface area (Å²) in [6.45, 7) is 1.99. The van der Waals surface area contributed by atoms with Gasteiger partial charge in [-0.1, -0.05) is 0 Å². The zero-order valence-corrected chi connectivity index (χ0v) is 10.4. The number of ether oxygens (including phenoxy) is 2. The van der Waals surface area contributed by atoms with Crippen molar-refractivity contribution in [2.45, 2.75) is 13.3 Å². The van der Waals surface area contributed by atoms with Crippen LogP contribution in [-0.2, 0) is 14.3 Å². The number of allylic oxidation sites excluding steroid dienone is 1. The zero-order chi connectivity index (χ0) is 13.4. The third kappa shape index (κ3) is 4.37. The summed E-state index contributed by atoms with van der Waals surface area (Å²) in [6, 6.07) is 3.34. The highest BCUT2D eigenvalue weighted by atomic mass is 16.5. The molecule has 18 heavy (non-hydrogen) atoms. The van der Waals surface area contributed by atoms with E-state index in [-0.39, 0.29) is 24.6 Å². The molecule has 0 unspecified atom stereocenters. The van der Waals surface area contributed by atoms with Gasteiger partial charge in [0.2, 0.25) is 0 Å². The second-order valence-electron chi connectivity index (χ2n) is 3.41. The third-order valence-electron chi connectivity index (χ3n) is 2.15. The molecule has 5 nitrogen and oxygen atoms in total. The first-order valence-corrected chi connectivity index (χ1v) is 5.52. The van der Waals surface area contributed by atoms with Gasteiger partial charge in [0.05, 0.1) is 26.2 Å². The Morgan fingerprint density at radius 3 is 2.78 bits per heavy atom. The quantitative estimate of drug-likeness (QED) is 0.332. The van der Waals surface area contributed by atoms with Gasteiger partial charge in [-0.05, 0) is 19.1 Å². The molecule has 1 heterocycles. The lowest BCUT2D eigenvalue weighted by atomic mass is 10.1. The lowest BCUT2D eigenvalue weighted by Crippen LogP contribution is -2.06. The molecule has 0 radical (unpaired) electrons. The van der Waals surface area contributed by atoms with E-state index in [2.05, 4.69) is 4.98 Å². The molecule has 0 spiro atoms. The molecule has 96 valence electrons. The molecule has 0 N–H and O–H groups in total. The minimum atomic E-state index is -0.520. The number of rotatable bonds is 6. The standard InChI is InChI=1S/C13H15NO4/c1-3-18-13(16)8-11(17-2)7-12(15)10-5-4-6-14-9-10/h4-6,8-9H,3,7H2,1-2H3/b11-8+. The first kappa shape index (κ1) is 13.9. The van der Waals surface area contributed by atoms with Gasteiger partial charge in [0.15, 0.2) is 5.78 Å². The molecule has 1 aromatic rings. The van der Waals surface area contributed by atoms with Crippen LogP contribution in [0.15, 0.2) is 36.4 Å². The summed E-state index contributed by atoms with van der Waals surface area (Å²) in [6.07, 6.45) is 4.24. The van der Waals surface area contributed by atoms with E-state index in [1.165, 1.54) is 19.4 Å². The van der Waals surface area contributed by atoms with E-state index in [1.807, 2.05) is 0 Å². The summed E-state index contributed by atoms with van der Waals surface area (Å²) in [5.41, 5.74) is 0.476. The number of esters is 1. The maximum Gasteiger partial charge on any atom is 0.334 e. The summed E-state index contributed by atoms with van der Waals surface area (Å²) < 4.78 is 9.72. The number of hydrogen-bond donors (Lipinski definition) is 0. The largest absolute Gasteiger partial charge is 0.500 e. The molecular weight excluding hydrogens is 234 g/mol. The van der Waals surface area contributed by atoms with Crippen LogP contribution in [0, 0.1) is 0 Å². The molecule has 1 aromatic heterocycles. The summed E-state index contributed by atoms with van der Waals surface area (Å²) in [7, 11) is 1.40. The average Bonchev–Trinajstić information content (AvgIpc) is 2.39. The van der Waals surface area contributed by atoms with Crippen molar-refractivity contribution in [3.05, 3.63) is 41.9 Å². The van der Waals surface area contributed by atoms with Crippen LogP contribution in [0.2, 0.25) is 0 Å². The zero-order valence-electron chi connectivity index (χ0n) is 10.4. The fraction of sp³-hybridized carbons (Fsp3) is 0.308. The van der Waals surface area contributed by atoms with Crippen LogP contribution in [0.5, 0.6) is 0 Å². The number of Topliss-reactive ketones (excluding diaryl/α,β-unsaturated/α-hetero) is 1. The average molecular weight is 249 g/mol. The lowest BCUT2D eigenvalue weighted by Gasteiger charge is -2.05. The number of carbonyl (C=O) groups is 2. The number of hydrogen-bond acceptors (Lipinski definition) is 5. The Kier molecular flexibility index (Phi) is 5.57. The van der Waals surface area contributed by atoms with Crippen molar-refractivity contribution in [3.63, 3.8) is 0 Å². The third-order valence-corrected chi connectivity index (χ3v) is 2.15. The van der Waals surface area contributed by atoms with Crippen molar-refractivity contribution in [3.8, 4) is 0 Å². The SMILES string of the molecule is CCOC(=O)/C=C(\CC(=O)c1cccnc1)OC. The maximum absolute atomic E-state index is 11.8. The molecule has 0 aliphatic carbocycles. The number of methoxy groups -OCH3 is 1. The summed E-state index contributed by atoms with van der Waals surface area (Å²) in [4.78, 5) is 26.9. The van der Waals surface area contributed by atoms with Gasteiger partial charge in [0.25, 0.3) is 0 Å². The van der Waals surface area contributed by atoms with Gasteiger partial charge in [-0.3, -0.25) is 9.78 Å². The van der Waals surface area contributed by atoms with E-state index in [1.54, 1.807) is 25.3 Å². The van der Waals surface area contributed by atoms with Gasteiger partial charge in [-0.25, -0.2) is 4.79 Å². The van der Waals surface area contributed by atoms with E-state index in [4.69, 9.17) is 9.47 Å². The second kappa shape index (κ2) is 7.21. The Morgan fingerprint density at radius 1 is 1.44 bits per heavy atom. The minimum Gasteiger partial charge on any atom is -0.500 e. The molecule has 0 amide bonds. The van der Waals surface area contributed by atoms with Crippen molar-refractivity contribution < 1.29 is 19.1 Å². The van der Waals surface area contributed by atoms with Crippen LogP contribution in [0.25, 0.3) is 0 Å². The van der Waals surface area contributed by atoms with Crippen molar-refractivity contribution >= 4 is 11.8 Å². The fourth-order valence-corrected chi connectivity index (χ4v) is 1.29. The Balaban J connectivity index is 2.69. The molecule has 0 fully saturated rings. The maximum atomic E-state index is 11.8. The smallest absolute Gasteiger partial charge is 0.334 e. The fourth-order valence-electron chi connectivity index (χ4n) is 1.29. The minimum absolute atomic E-state index is 0.001000. The highest BCUT2D eigenvalue weighted by Crippen LogP contribution is 2.09. The van der Waals surface area contributed by atoms with E-state index in [0.717, 1.165) is 0 Å². The van der Waals surface area contributed by atoms with Gasteiger partial charge in [0.1, 0.15) is 5.76 Å². The van der Waals surface area contributed by atoms with Crippen molar-refractivity contribution in [1.82, 2.24) is 4.98 Å². The predicted molar refractivity (Wildman–Crippen MR) is 64.9 cm³/mol. The molecule has 5 heteroatoms. The Morgan fingerprint density at radius 2 is 2.22 bits per heavy atom. The molecular formula is C13H15NO4. The highest BCUT2D eigenvalue weighted by Gasteiger charge is 2.11. The Bertz CT molecular complexity index is 440. The molecule has 0 aliphatic rings. The predicted octanol–water partition coefficient (Wildman–Crippen LogP) is 1.75. The molecule has 0 bridgehead atoms. The van der Waals surface area contributed by atoms with Crippen LogP contribution < -0.4 is 0 Å². The Hall–Kier alpha value is -2.17. The summed E-state index contributed by atoms with van der Waals surface area (Å²) in [5, 5.41) is 0. The molecule has 0 aromatic carbocycles. The van der Waals surface area contributed by atoms with Gasteiger partial charge < -0.3 is 9.47 Å². The molecule has 1 rings (SSSR count). The van der Waals surface area contributed by atoms with Gasteiger partial charge >= 0.3 is 5.97 Å². The van der Waals surface area contributed by atoms with Crippen LogP contribution in [-0.4, -0.2) is 30.5 Å². The molecule has 0 atom stereocenters. The van der Waals surface area contributed by atoms with Gasteiger partial charge in [-0.2, -0.15) is 0 Å². The first-order chi connectivity index (χ1) is 8.67. The van der Waals surface area contributed by atoms with E-state index in [0.29, 0.717) is 5.56 Å². The molecule has 0 saturated carbocycles.